The minimum Gasteiger partial charge on any atom is -0.481 e. The van der Waals surface area contributed by atoms with Crippen molar-refractivity contribution < 1.29 is 14.3 Å². The molecule has 17 heavy (non-hydrogen) atoms. The molecule has 0 aliphatic rings. The summed E-state index contributed by atoms with van der Waals surface area (Å²) in [6, 6.07) is -0.357. The Hall–Kier alpha value is -1.56. The molecule has 0 amide bonds. The van der Waals surface area contributed by atoms with Gasteiger partial charge in [0, 0.05) is 13.6 Å². The second kappa shape index (κ2) is 5.67. The summed E-state index contributed by atoms with van der Waals surface area (Å²) in [6.45, 7) is 4.17. The van der Waals surface area contributed by atoms with Gasteiger partial charge in [0.25, 0.3) is 0 Å². The van der Waals surface area contributed by atoms with Crippen LogP contribution in [0.15, 0.2) is 0 Å². The quantitative estimate of drug-likeness (QED) is 0.755. The van der Waals surface area contributed by atoms with Crippen molar-refractivity contribution in [2.75, 3.05) is 14.2 Å². The summed E-state index contributed by atoms with van der Waals surface area (Å²) in [7, 11) is 4.79. The van der Waals surface area contributed by atoms with Crippen LogP contribution in [0.4, 0.5) is 0 Å². The summed E-state index contributed by atoms with van der Waals surface area (Å²) in [5, 5.41) is 7.33. The number of aromatic nitrogens is 2. The molecule has 1 aromatic heterocycles. The van der Waals surface area contributed by atoms with Gasteiger partial charge >= 0.3 is 5.97 Å². The molecule has 0 aromatic carbocycles. The molecule has 0 saturated heterocycles. The Bertz CT molecular complexity index is 401. The molecule has 0 radical (unpaired) electrons. The van der Waals surface area contributed by atoms with Crippen LogP contribution in [0.1, 0.15) is 18.2 Å². The number of esters is 1. The maximum absolute atomic E-state index is 11.2. The monoisotopic (exact) mass is 241 g/mol. The number of rotatable bonds is 5. The lowest BCUT2D eigenvalue weighted by molar-refractivity contribution is -0.142. The Morgan fingerprint density at radius 2 is 2.18 bits per heavy atom. The van der Waals surface area contributed by atoms with E-state index in [-0.39, 0.29) is 12.0 Å². The zero-order valence-electron chi connectivity index (χ0n) is 10.9. The van der Waals surface area contributed by atoms with Crippen molar-refractivity contribution in [3.8, 4) is 5.88 Å². The number of nitrogens with zero attached hydrogens (tertiary/aromatic N) is 2. The summed E-state index contributed by atoms with van der Waals surface area (Å²) < 4.78 is 11.6. The Morgan fingerprint density at radius 1 is 1.53 bits per heavy atom. The van der Waals surface area contributed by atoms with Gasteiger partial charge in [0.2, 0.25) is 5.88 Å². The van der Waals surface area contributed by atoms with Gasteiger partial charge in [-0.3, -0.25) is 4.79 Å². The van der Waals surface area contributed by atoms with Gasteiger partial charge in [0.05, 0.1) is 25.5 Å². The fourth-order valence-corrected chi connectivity index (χ4v) is 1.65. The average Bonchev–Trinajstić information content (AvgIpc) is 2.58. The zero-order valence-corrected chi connectivity index (χ0v) is 10.9. The molecule has 0 bridgehead atoms. The lowest BCUT2D eigenvalue weighted by Crippen LogP contribution is -2.34. The van der Waals surface area contributed by atoms with Gasteiger partial charge in [-0.25, -0.2) is 4.68 Å². The molecule has 1 atom stereocenters. The van der Waals surface area contributed by atoms with Crippen molar-refractivity contribution in [1.29, 1.82) is 0 Å². The lowest BCUT2D eigenvalue weighted by Gasteiger charge is -2.11. The van der Waals surface area contributed by atoms with E-state index in [2.05, 4.69) is 15.2 Å². The molecule has 1 aromatic rings. The number of carbonyl (C=O) groups is 1. The van der Waals surface area contributed by atoms with E-state index in [1.54, 1.807) is 18.7 Å². The molecule has 0 spiro atoms. The van der Waals surface area contributed by atoms with Crippen molar-refractivity contribution in [1.82, 2.24) is 15.1 Å². The van der Waals surface area contributed by atoms with Crippen molar-refractivity contribution in [2.45, 2.75) is 26.4 Å². The van der Waals surface area contributed by atoms with Gasteiger partial charge in [-0.05, 0) is 13.8 Å². The topological polar surface area (TPSA) is 65.4 Å². The molecule has 96 valence electrons. The van der Waals surface area contributed by atoms with Crippen LogP contribution in [0.2, 0.25) is 0 Å². The van der Waals surface area contributed by atoms with Crippen molar-refractivity contribution in [3.63, 3.8) is 0 Å². The van der Waals surface area contributed by atoms with E-state index in [0.29, 0.717) is 12.4 Å². The van der Waals surface area contributed by atoms with Gasteiger partial charge < -0.3 is 14.8 Å². The fourth-order valence-electron chi connectivity index (χ4n) is 1.65. The number of hydrogen-bond acceptors (Lipinski definition) is 5. The molecule has 6 nitrogen and oxygen atoms in total. The second-order valence-electron chi connectivity index (χ2n) is 3.82. The highest BCUT2D eigenvalue weighted by Gasteiger charge is 2.17. The van der Waals surface area contributed by atoms with Crippen LogP contribution in [0, 0.1) is 6.92 Å². The van der Waals surface area contributed by atoms with E-state index >= 15 is 0 Å². The van der Waals surface area contributed by atoms with E-state index < -0.39 is 0 Å². The third-order valence-electron chi connectivity index (χ3n) is 2.62. The normalized spacial score (nSPS) is 12.3. The third kappa shape index (κ3) is 2.97. The molecular weight excluding hydrogens is 222 g/mol. The van der Waals surface area contributed by atoms with Gasteiger partial charge in [-0.1, -0.05) is 0 Å². The minimum absolute atomic E-state index is 0.287. The molecule has 6 heteroatoms. The predicted molar refractivity (Wildman–Crippen MR) is 62.8 cm³/mol. The molecule has 0 unspecified atom stereocenters. The standard InChI is InChI=1S/C11H19N3O3/c1-7-9(10(16-4)14(3)13-7)6-12-8(2)11(15)17-5/h8,12H,6H2,1-5H3/t8-/m1/s1. The number of hydrogen-bond donors (Lipinski definition) is 1. The number of methoxy groups -OCH3 is 2. The van der Waals surface area contributed by atoms with Crippen LogP contribution in [-0.2, 0) is 23.1 Å². The fraction of sp³-hybridized carbons (Fsp3) is 0.636. The summed E-state index contributed by atoms with van der Waals surface area (Å²) >= 11 is 0. The number of ether oxygens (including phenoxy) is 2. The maximum atomic E-state index is 11.2. The van der Waals surface area contributed by atoms with Crippen LogP contribution in [0.3, 0.4) is 0 Å². The van der Waals surface area contributed by atoms with Gasteiger partial charge in [-0.15, -0.1) is 0 Å². The van der Waals surface area contributed by atoms with Gasteiger partial charge in [-0.2, -0.15) is 5.10 Å². The number of carbonyl (C=O) groups excluding carboxylic acids is 1. The molecule has 1 rings (SSSR count). The Morgan fingerprint density at radius 3 is 2.71 bits per heavy atom. The van der Waals surface area contributed by atoms with Crippen molar-refractivity contribution in [3.05, 3.63) is 11.3 Å². The van der Waals surface area contributed by atoms with E-state index in [0.717, 1.165) is 11.3 Å². The van der Waals surface area contributed by atoms with Crippen LogP contribution >= 0.6 is 0 Å². The summed E-state index contributed by atoms with van der Waals surface area (Å²) in [5.74, 6) is 0.414. The first-order valence-corrected chi connectivity index (χ1v) is 5.39. The highest BCUT2D eigenvalue weighted by atomic mass is 16.5. The molecule has 1 heterocycles. The van der Waals surface area contributed by atoms with Crippen LogP contribution < -0.4 is 10.1 Å². The lowest BCUT2D eigenvalue weighted by atomic mass is 10.2. The molecule has 0 fully saturated rings. The zero-order chi connectivity index (χ0) is 13.0. The largest absolute Gasteiger partial charge is 0.481 e. The molecule has 0 aliphatic heterocycles. The van der Waals surface area contributed by atoms with Crippen LogP contribution in [0.25, 0.3) is 0 Å². The van der Waals surface area contributed by atoms with Gasteiger partial charge in [0.1, 0.15) is 6.04 Å². The molecule has 0 saturated carbocycles. The minimum atomic E-state index is -0.357. The van der Waals surface area contributed by atoms with E-state index in [9.17, 15) is 4.79 Å². The van der Waals surface area contributed by atoms with Crippen LogP contribution in [0.5, 0.6) is 5.88 Å². The summed E-state index contributed by atoms with van der Waals surface area (Å²) in [4.78, 5) is 11.2. The highest BCUT2D eigenvalue weighted by Crippen LogP contribution is 2.20. The summed E-state index contributed by atoms with van der Waals surface area (Å²) in [6.07, 6.45) is 0. The van der Waals surface area contributed by atoms with Crippen molar-refractivity contribution in [2.24, 2.45) is 7.05 Å². The van der Waals surface area contributed by atoms with E-state index in [1.165, 1.54) is 7.11 Å². The molecular formula is C11H19N3O3. The molecule has 1 N–H and O–H groups in total. The number of aryl methyl sites for hydroxylation is 2. The first kappa shape index (κ1) is 13.5. The predicted octanol–water partition coefficient (Wildman–Crippen LogP) is 0.388. The van der Waals surface area contributed by atoms with Crippen molar-refractivity contribution >= 4 is 5.97 Å². The Balaban J connectivity index is 2.72. The van der Waals surface area contributed by atoms with Crippen LogP contribution in [-0.4, -0.2) is 36.0 Å². The Kier molecular flexibility index (Phi) is 4.51. The Labute approximate surface area is 101 Å². The highest BCUT2D eigenvalue weighted by molar-refractivity contribution is 5.75. The first-order chi connectivity index (χ1) is 8.01. The SMILES string of the molecule is COC(=O)[C@@H](C)NCc1c(C)nn(C)c1OC. The average molecular weight is 241 g/mol. The van der Waals surface area contributed by atoms with E-state index in [4.69, 9.17) is 4.74 Å². The van der Waals surface area contributed by atoms with E-state index in [1.807, 2.05) is 14.0 Å². The summed E-state index contributed by atoms with van der Waals surface area (Å²) in [5.41, 5.74) is 1.83. The second-order valence-corrected chi connectivity index (χ2v) is 3.82. The number of nitrogens with one attached hydrogen (secondary N) is 1. The smallest absolute Gasteiger partial charge is 0.322 e. The maximum Gasteiger partial charge on any atom is 0.322 e. The molecule has 0 aliphatic carbocycles. The first-order valence-electron chi connectivity index (χ1n) is 5.39. The third-order valence-corrected chi connectivity index (χ3v) is 2.62. The van der Waals surface area contributed by atoms with Gasteiger partial charge in [0.15, 0.2) is 0 Å².